The minimum atomic E-state index is -1.50. The van der Waals surface area contributed by atoms with Gasteiger partial charge in [0.05, 0.1) is 0 Å². The molecule has 0 aromatic carbocycles. The number of nitrogens with one attached hydrogen (secondary N) is 1. The van der Waals surface area contributed by atoms with Crippen LogP contribution in [0.2, 0.25) is 0 Å². The van der Waals surface area contributed by atoms with Gasteiger partial charge in [0.2, 0.25) is 5.91 Å². The first kappa shape index (κ1) is 14.8. The molecule has 0 aliphatic carbocycles. The minimum Gasteiger partial charge on any atom is -0.480 e. The Kier molecular flexibility index (Phi) is 7.45. The zero-order chi connectivity index (χ0) is 12.6. The van der Waals surface area contributed by atoms with Crippen molar-refractivity contribution in [2.75, 3.05) is 13.3 Å². The summed E-state index contributed by atoms with van der Waals surface area (Å²) in [6, 6.07) is -1.50. The predicted molar refractivity (Wildman–Crippen MR) is 55.9 cm³/mol. The number of carbonyl (C=O) groups is 2. The molecule has 2 N–H and O–H groups in total. The molecule has 6 heteroatoms. The molecule has 0 aromatic rings. The van der Waals surface area contributed by atoms with E-state index in [0.29, 0.717) is 6.61 Å². The number of carboxylic acid groups (broad SMARTS) is 1. The lowest BCUT2D eigenvalue weighted by atomic mass is 10.3. The Morgan fingerprint density at radius 1 is 1.50 bits per heavy atom. The van der Waals surface area contributed by atoms with Crippen LogP contribution in [0.15, 0.2) is 0 Å². The molecular formula is C10H18FNO4. The van der Waals surface area contributed by atoms with E-state index in [1.54, 1.807) is 0 Å². The van der Waals surface area contributed by atoms with Crippen LogP contribution in [0, 0.1) is 0 Å². The number of aliphatic carboxylic acids is 1. The van der Waals surface area contributed by atoms with Gasteiger partial charge in [-0.1, -0.05) is 13.3 Å². The van der Waals surface area contributed by atoms with Crippen molar-refractivity contribution in [2.45, 2.75) is 38.8 Å². The number of rotatable bonds is 8. The summed E-state index contributed by atoms with van der Waals surface area (Å²) in [5, 5.41) is 10.6. The normalized spacial score (nSPS) is 14.2. The van der Waals surface area contributed by atoms with Gasteiger partial charge in [0.1, 0.15) is 12.8 Å². The lowest BCUT2D eigenvalue weighted by Crippen LogP contribution is -2.46. The molecule has 0 fully saturated rings. The molecule has 2 atom stereocenters. The van der Waals surface area contributed by atoms with Gasteiger partial charge in [-0.3, -0.25) is 4.79 Å². The Labute approximate surface area is 94.0 Å². The van der Waals surface area contributed by atoms with Crippen molar-refractivity contribution < 1.29 is 23.8 Å². The monoisotopic (exact) mass is 235 g/mol. The highest BCUT2D eigenvalue weighted by atomic mass is 19.1. The fraction of sp³-hybridized carbons (Fsp3) is 0.800. The molecule has 5 nitrogen and oxygen atoms in total. The van der Waals surface area contributed by atoms with Crippen molar-refractivity contribution in [1.29, 1.82) is 0 Å². The molecule has 16 heavy (non-hydrogen) atoms. The van der Waals surface area contributed by atoms with Gasteiger partial charge in [-0.15, -0.1) is 0 Å². The Morgan fingerprint density at radius 3 is 2.56 bits per heavy atom. The second-order valence-electron chi connectivity index (χ2n) is 3.42. The van der Waals surface area contributed by atoms with Gasteiger partial charge in [-0.2, -0.15) is 0 Å². The van der Waals surface area contributed by atoms with E-state index < -0.39 is 30.7 Å². The average molecular weight is 235 g/mol. The first-order valence-electron chi connectivity index (χ1n) is 5.23. The summed E-state index contributed by atoms with van der Waals surface area (Å²) in [4.78, 5) is 21.8. The highest BCUT2D eigenvalue weighted by Crippen LogP contribution is 1.96. The van der Waals surface area contributed by atoms with Crippen LogP contribution in [0.25, 0.3) is 0 Å². The standard InChI is InChI=1S/C10H18FNO4/c1-3-4-5-16-7(2)9(13)12-8(6-11)10(14)15/h7-8H,3-6H2,1-2H3,(H,12,13)(H,14,15). The van der Waals surface area contributed by atoms with Crippen LogP contribution < -0.4 is 5.32 Å². The van der Waals surface area contributed by atoms with E-state index in [-0.39, 0.29) is 0 Å². The molecule has 0 rings (SSSR count). The largest absolute Gasteiger partial charge is 0.480 e. The summed E-state index contributed by atoms with van der Waals surface area (Å²) < 4.78 is 17.3. The van der Waals surface area contributed by atoms with Crippen LogP contribution in [-0.2, 0) is 14.3 Å². The topological polar surface area (TPSA) is 75.6 Å². The quantitative estimate of drug-likeness (QED) is 0.608. The maximum Gasteiger partial charge on any atom is 0.328 e. The predicted octanol–water partition coefficient (Wildman–Crippen LogP) is 0.730. The van der Waals surface area contributed by atoms with E-state index >= 15 is 0 Å². The van der Waals surface area contributed by atoms with Crippen molar-refractivity contribution in [3.63, 3.8) is 0 Å². The molecule has 0 aliphatic heterocycles. The molecule has 0 aromatic heterocycles. The second kappa shape index (κ2) is 8.04. The Balaban J connectivity index is 3.98. The van der Waals surface area contributed by atoms with E-state index in [0.717, 1.165) is 12.8 Å². The Morgan fingerprint density at radius 2 is 2.12 bits per heavy atom. The van der Waals surface area contributed by atoms with Crippen LogP contribution in [0.1, 0.15) is 26.7 Å². The first-order valence-corrected chi connectivity index (χ1v) is 5.23. The highest BCUT2D eigenvalue weighted by Gasteiger charge is 2.22. The molecule has 0 saturated carbocycles. The summed E-state index contributed by atoms with van der Waals surface area (Å²) in [6.07, 6.45) is 1.000. The summed E-state index contributed by atoms with van der Waals surface area (Å²) in [7, 11) is 0. The van der Waals surface area contributed by atoms with Gasteiger partial charge >= 0.3 is 5.97 Å². The molecule has 1 amide bonds. The number of amides is 1. The van der Waals surface area contributed by atoms with E-state index in [1.807, 2.05) is 6.92 Å². The Hall–Kier alpha value is -1.17. The van der Waals surface area contributed by atoms with Crippen LogP contribution in [0.4, 0.5) is 4.39 Å². The molecule has 0 saturated heterocycles. The summed E-state index contributed by atoms with van der Waals surface area (Å²) >= 11 is 0. The zero-order valence-electron chi connectivity index (χ0n) is 9.53. The number of ether oxygens (including phenoxy) is 1. The average Bonchev–Trinajstić information content (AvgIpc) is 2.25. The van der Waals surface area contributed by atoms with E-state index in [1.165, 1.54) is 6.92 Å². The van der Waals surface area contributed by atoms with Gasteiger partial charge in [-0.25, -0.2) is 9.18 Å². The number of unbranched alkanes of at least 4 members (excludes halogenated alkanes) is 1. The second-order valence-corrected chi connectivity index (χ2v) is 3.42. The highest BCUT2D eigenvalue weighted by molar-refractivity contribution is 5.86. The third kappa shape index (κ3) is 5.65. The maximum absolute atomic E-state index is 12.2. The van der Waals surface area contributed by atoms with Crippen molar-refractivity contribution in [1.82, 2.24) is 5.32 Å². The van der Waals surface area contributed by atoms with Crippen molar-refractivity contribution in [3.05, 3.63) is 0 Å². The van der Waals surface area contributed by atoms with Gasteiger partial charge < -0.3 is 15.2 Å². The summed E-state index contributed by atoms with van der Waals surface area (Å²) in [6.45, 7) is 2.78. The lowest BCUT2D eigenvalue weighted by molar-refractivity contribution is -0.144. The van der Waals surface area contributed by atoms with Crippen molar-refractivity contribution >= 4 is 11.9 Å². The van der Waals surface area contributed by atoms with Crippen LogP contribution in [0.3, 0.4) is 0 Å². The first-order chi connectivity index (χ1) is 7.52. The number of carbonyl (C=O) groups excluding carboxylic acids is 1. The molecule has 0 heterocycles. The number of halogens is 1. The number of hydrogen-bond donors (Lipinski definition) is 2. The maximum atomic E-state index is 12.2. The minimum absolute atomic E-state index is 0.429. The fourth-order valence-electron chi connectivity index (χ4n) is 0.936. The molecule has 0 bridgehead atoms. The SMILES string of the molecule is CCCCOC(C)C(=O)NC(CF)C(=O)O. The number of hydrogen-bond acceptors (Lipinski definition) is 3. The fourth-order valence-corrected chi connectivity index (χ4v) is 0.936. The van der Waals surface area contributed by atoms with Gasteiger partial charge in [-0.05, 0) is 13.3 Å². The van der Waals surface area contributed by atoms with Gasteiger partial charge in [0.25, 0.3) is 0 Å². The Bertz CT molecular complexity index is 235. The molecule has 94 valence electrons. The van der Waals surface area contributed by atoms with E-state index in [4.69, 9.17) is 9.84 Å². The van der Waals surface area contributed by atoms with E-state index in [2.05, 4.69) is 5.32 Å². The third-order valence-electron chi connectivity index (χ3n) is 2.00. The van der Waals surface area contributed by atoms with Crippen LogP contribution >= 0.6 is 0 Å². The third-order valence-corrected chi connectivity index (χ3v) is 2.00. The molecular weight excluding hydrogens is 217 g/mol. The van der Waals surface area contributed by atoms with E-state index in [9.17, 15) is 14.0 Å². The van der Waals surface area contributed by atoms with Crippen LogP contribution in [-0.4, -0.2) is 42.4 Å². The molecule has 0 radical (unpaired) electrons. The van der Waals surface area contributed by atoms with Crippen molar-refractivity contribution in [3.8, 4) is 0 Å². The summed E-state index contributed by atoms with van der Waals surface area (Å²) in [5.74, 6) is -2.00. The molecule has 2 unspecified atom stereocenters. The number of carboxylic acids is 1. The number of alkyl halides is 1. The van der Waals surface area contributed by atoms with Crippen molar-refractivity contribution in [2.24, 2.45) is 0 Å². The molecule has 0 aliphatic rings. The van der Waals surface area contributed by atoms with Gasteiger partial charge in [0.15, 0.2) is 6.04 Å². The zero-order valence-corrected chi connectivity index (χ0v) is 9.53. The molecule has 0 spiro atoms. The summed E-state index contributed by atoms with van der Waals surface area (Å²) in [5.41, 5.74) is 0. The smallest absolute Gasteiger partial charge is 0.328 e. The van der Waals surface area contributed by atoms with Crippen LogP contribution in [0.5, 0.6) is 0 Å². The van der Waals surface area contributed by atoms with Gasteiger partial charge in [0, 0.05) is 6.61 Å². The lowest BCUT2D eigenvalue weighted by Gasteiger charge is -2.15.